The molecular weight excluding hydrogens is 249 g/mol. The topological polar surface area (TPSA) is 0 Å². The number of halogens is 5. The molecule has 0 radical (unpaired) electrons. The van der Waals surface area contributed by atoms with Gasteiger partial charge in [0.15, 0.2) is 0 Å². The maximum absolute atomic E-state index is 0. The molecule has 0 saturated heterocycles. The van der Waals surface area contributed by atoms with Crippen molar-refractivity contribution in [1.82, 2.24) is 0 Å². The molecule has 0 amide bonds. The van der Waals surface area contributed by atoms with Gasteiger partial charge in [-0.05, 0) is 0 Å². The predicted molar refractivity (Wildman–Crippen MR) is 11.5 cm³/mol. The van der Waals surface area contributed by atoms with E-state index in [1.54, 1.807) is 0 Å². The number of rotatable bonds is 0. The average Bonchev–Trinajstić information content (AvgIpc) is 0. The van der Waals surface area contributed by atoms with Gasteiger partial charge in [-0.25, -0.2) is 0 Å². The second kappa shape index (κ2) is 69.0. The van der Waals surface area contributed by atoms with Gasteiger partial charge >= 0.3 is 75.7 Å². The summed E-state index contributed by atoms with van der Waals surface area (Å²) >= 11 is 0. The third kappa shape index (κ3) is 50.8. The third-order valence-electron chi connectivity index (χ3n) is 0. The Hall–Kier alpha value is 3.98. The quantitative estimate of drug-likeness (QED) is 0.374. The van der Waals surface area contributed by atoms with Crippen LogP contribution in [0.25, 0.3) is 0 Å². The fourth-order valence-electron chi connectivity index (χ4n) is 0. The Morgan fingerprint density at radius 3 is 0.375 bits per heavy atom. The molecule has 0 bridgehead atoms. The zero-order chi connectivity index (χ0) is 0. The molecular formula is Cl5Mg2Na. The van der Waals surface area contributed by atoms with Crippen molar-refractivity contribution in [2.24, 2.45) is 0 Å². The van der Waals surface area contributed by atoms with E-state index in [4.69, 9.17) is 0 Å². The molecule has 0 spiro atoms. The van der Waals surface area contributed by atoms with Crippen molar-refractivity contribution in [2.75, 3.05) is 0 Å². The zero-order valence-corrected chi connectivity index (χ0v) is 12.9. The summed E-state index contributed by atoms with van der Waals surface area (Å²) in [5, 5.41) is 0. The summed E-state index contributed by atoms with van der Waals surface area (Å²) < 4.78 is 0. The molecule has 0 rings (SSSR count). The minimum atomic E-state index is 0. The summed E-state index contributed by atoms with van der Waals surface area (Å²) in [4.78, 5) is 0. The summed E-state index contributed by atoms with van der Waals surface area (Å²) in [6, 6.07) is 0. The molecule has 0 unspecified atom stereocenters. The van der Waals surface area contributed by atoms with Gasteiger partial charge in [-0.2, -0.15) is 0 Å². The predicted octanol–water partition coefficient (Wildman–Crippen LogP) is -18.7. The van der Waals surface area contributed by atoms with Crippen molar-refractivity contribution in [1.29, 1.82) is 0 Å². The van der Waals surface area contributed by atoms with E-state index in [1.807, 2.05) is 0 Å². The summed E-state index contributed by atoms with van der Waals surface area (Å²) in [5.74, 6) is 0. The van der Waals surface area contributed by atoms with Gasteiger partial charge in [0, 0.05) is 0 Å². The Morgan fingerprint density at radius 1 is 0.375 bits per heavy atom. The van der Waals surface area contributed by atoms with Crippen molar-refractivity contribution in [3.8, 4) is 0 Å². The number of hydrogen-bond acceptors (Lipinski definition) is 0. The smallest absolute Gasteiger partial charge is 1.00 e. The van der Waals surface area contributed by atoms with E-state index in [9.17, 15) is 0 Å². The normalized spacial score (nSPS) is 0. The Bertz CT molecular complexity index is 10.4. The fraction of sp³-hybridized carbons (Fsp3) is 0. The van der Waals surface area contributed by atoms with Crippen LogP contribution in [0.1, 0.15) is 0 Å². The molecule has 0 aromatic carbocycles. The molecule has 0 N–H and O–H groups in total. The first-order chi connectivity index (χ1) is 0. The van der Waals surface area contributed by atoms with Gasteiger partial charge < -0.3 is 62.0 Å². The molecule has 0 aromatic rings. The first-order valence-electron chi connectivity index (χ1n) is 0. The fourth-order valence-corrected chi connectivity index (χ4v) is 0. The van der Waals surface area contributed by atoms with Crippen LogP contribution in [0.3, 0.4) is 0 Å². The first kappa shape index (κ1) is 91.1. The van der Waals surface area contributed by atoms with Gasteiger partial charge in [0.05, 0.1) is 0 Å². The van der Waals surface area contributed by atoms with Gasteiger partial charge in [0.2, 0.25) is 0 Å². The van der Waals surface area contributed by atoms with Gasteiger partial charge in [-0.1, -0.05) is 0 Å². The van der Waals surface area contributed by atoms with Crippen LogP contribution < -0.4 is 91.6 Å². The average molecular weight is 249 g/mol. The molecule has 0 aliphatic rings. The molecule has 0 aliphatic heterocycles. The zero-order valence-electron chi connectivity index (χ0n) is 4.30. The van der Waals surface area contributed by atoms with E-state index in [2.05, 4.69) is 0 Å². The van der Waals surface area contributed by atoms with Gasteiger partial charge in [0.1, 0.15) is 0 Å². The van der Waals surface area contributed by atoms with Crippen LogP contribution in [-0.2, 0) is 0 Å². The minimum absolute atomic E-state index is 0. The van der Waals surface area contributed by atoms with Crippen molar-refractivity contribution in [3.63, 3.8) is 0 Å². The molecule has 0 saturated carbocycles. The SMILES string of the molecule is [Cl-].[Cl-].[Cl-].[Cl-].[Cl-].[Mg+2].[Mg+2].[Na+]. The standard InChI is InChI=1S/5ClH.2Mg.Na/h5*1H;;;/q;;;;;2*+2;+1/p-5. The van der Waals surface area contributed by atoms with E-state index in [0.717, 1.165) is 0 Å². The van der Waals surface area contributed by atoms with Crippen molar-refractivity contribution < 1.29 is 91.6 Å². The summed E-state index contributed by atoms with van der Waals surface area (Å²) in [5.41, 5.74) is 0. The van der Waals surface area contributed by atoms with Crippen LogP contribution in [0.15, 0.2) is 0 Å². The Kier molecular flexibility index (Phi) is 786. The third-order valence-corrected chi connectivity index (χ3v) is 0. The number of hydrogen-bond donors (Lipinski definition) is 0. The molecule has 0 atom stereocenters. The van der Waals surface area contributed by atoms with Gasteiger partial charge in [0.25, 0.3) is 0 Å². The first-order valence-corrected chi connectivity index (χ1v) is 0. The summed E-state index contributed by atoms with van der Waals surface area (Å²) in [6.07, 6.45) is 0. The van der Waals surface area contributed by atoms with Crippen LogP contribution in [0.2, 0.25) is 0 Å². The second-order valence-corrected chi connectivity index (χ2v) is 0. The maximum Gasteiger partial charge on any atom is 2.00 e. The molecule has 8 heavy (non-hydrogen) atoms. The Labute approximate surface area is 135 Å². The van der Waals surface area contributed by atoms with Crippen molar-refractivity contribution >= 4 is 46.1 Å². The molecule has 0 aromatic heterocycles. The maximum atomic E-state index is 0. The van der Waals surface area contributed by atoms with Crippen LogP contribution in [0.5, 0.6) is 0 Å². The molecule has 0 fully saturated rings. The van der Waals surface area contributed by atoms with E-state index in [1.165, 1.54) is 0 Å². The van der Waals surface area contributed by atoms with Gasteiger partial charge in [-0.15, -0.1) is 0 Å². The van der Waals surface area contributed by atoms with E-state index < -0.39 is 0 Å². The second-order valence-electron chi connectivity index (χ2n) is 0. The molecule has 40 valence electrons. The van der Waals surface area contributed by atoms with Crippen LogP contribution in [-0.4, -0.2) is 46.1 Å². The Balaban J connectivity index is 0. The summed E-state index contributed by atoms with van der Waals surface area (Å²) in [7, 11) is 0. The summed E-state index contributed by atoms with van der Waals surface area (Å²) in [6.45, 7) is 0. The molecule has 0 heterocycles. The monoisotopic (exact) mass is 246 g/mol. The molecule has 8 heteroatoms. The van der Waals surface area contributed by atoms with Crippen LogP contribution in [0, 0.1) is 0 Å². The van der Waals surface area contributed by atoms with Gasteiger partial charge in [-0.3, -0.25) is 0 Å². The molecule has 0 nitrogen and oxygen atoms in total. The molecule has 0 aliphatic carbocycles. The Morgan fingerprint density at radius 2 is 0.375 bits per heavy atom. The minimum Gasteiger partial charge on any atom is -1.00 e. The largest absolute Gasteiger partial charge is 2.00 e. The van der Waals surface area contributed by atoms with E-state index >= 15 is 0 Å². The van der Waals surface area contributed by atoms with E-state index in [-0.39, 0.29) is 138 Å². The van der Waals surface area contributed by atoms with Crippen molar-refractivity contribution in [2.45, 2.75) is 0 Å². The van der Waals surface area contributed by atoms with E-state index in [0.29, 0.717) is 0 Å². The van der Waals surface area contributed by atoms with Crippen LogP contribution >= 0.6 is 0 Å². The van der Waals surface area contributed by atoms with Crippen molar-refractivity contribution in [3.05, 3.63) is 0 Å². The van der Waals surface area contributed by atoms with Crippen LogP contribution in [0.4, 0.5) is 0 Å².